The molecule has 2 aromatic heterocycles. The van der Waals surface area contributed by atoms with Crippen molar-refractivity contribution in [1.29, 1.82) is 0 Å². The van der Waals surface area contributed by atoms with Gasteiger partial charge in [-0.15, -0.1) is 0 Å². The Hall–Kier alpha value is -2.01. The number of piperidine rings is 1. The molecule has 1 atom stereocenters. The number of anilines is 1. The molecule has 1 unspecified atom stereocenters. The van der Waals surface area contributed by atoms with Crippen LogP contribution >= 0.6 is 0 Å². The lowest BCUT2D eigenvalue weighted by molar-refractivity contribution is 0.392. The van der Waals surface area contributed by atoms with Gasteiger partial charge in [0.05, 0.1) is 0 Å². The van der Waals surface area contributed by atoms with Gasteiger partial charge in [0.15, 0.2) is 5.82 Å². The molecular formula is C18H25N5. The first-order chi connectivity index (χ1) is 11.3. The van der Waals surface area contributed by atoms with E-state index in [0.717, 1.165) is 55.4 Å². The van der Waals surface area contributed by atoms with Crippen LogP contribution in [-0.2, 0) is 6.42 Å². The largest absolute Gasteiger partial charge is 0.370 e. The number of rotatable bonds is 6. The Labute approximate surface area is 138 Å². The number of aromatic nitrogens is 3. The number of aryl methyl sites for hydroxylation is 1. The zero-order chi connectivity index (χ0) is 15.9. The fourth-order valence-electron chi connectivity index (χ4n) is 2.94. The first-order valence-corrected chi connectivity index (χ1v) is 8.58. The minimum absolute atomic E-state index is 0.676. The van der Waals surface area contributed by atoms with Crippen molar-refractivity contribution in [2.75, 3.05) is 25.0 Å². The molecule has 0 spiro atoms. The van der Waals surface area contributed by atoms with Gasteiger partial charge >= 0.3 is 0 Å². The predicted octanol–water partition coefficient (Wildman–Crippen LogP) is 2.90. The van der Waals surface area contributed by atoms with Crippen molar-refractivity contribution in [2.45, 2.75) is 32.6 Å². The first kappa shape index (κ1) is 15.9. The highest BCUT2D eigenvalue weighted by Gasteiger charge is 2.13. The Bertz CT molecular complexity index is 608. The molecule has 5 heteroatoms. The lowest BCUT2D eigenvalue weighted by Crippen LogP contribution is -2.33. The summed E-state index contributed by atoms with van der Waals surface area (Å²) in [4.78, 5) is 13.5. The summed E-state index contributed by atoms with van der Waals surface area (Å²) in [7, 11) is 0. The molecule has 0 bridgehead atoms. The average Bonchev–Trinajstić information content (AvgIpc) is 2.62. The van der Waals surface area contributed by atoms with E-state index in [4.69, 9.17) is 0 Å². The summed E-state index contributed by atoms with van der Waals surface area (Å²) in [6, 6.07) is 6.01. The van der Waals surface area contributed by atoms with Crippen LogP contribution in [0.2, 0.25) is 0 Å². The third-order valence-electron chi connectivity index (χ3n) is 4.18. The molecule has 23 heavy (non-hydrogen) atoms. The monoisotopic (exact) mass is 311 g/mol. The molecule has 3 rings (SSSR count). The SMILES string of the molecule is CCCc1cc(NCC2CCCNC2)nc(-c2cccnc2)n1. The van der Waals surface area contributed by atoms with Crippen LogP contribution in [0.4, 0.5) is 5.82 Å². The van der Waals surface area contributed by atoms with E-state index in [9.17, 15) is 0 Å². The maximum absolute atomic E-state index is 4.69. The molecule has 0 radical (unpaired) electrons. The minimum atomic E-state index is 0.676. The molecular weight excluding hydrogens is 286 g/mol. The topological polar surface area (TPSA) is 62.7 Å². The predicted molar refractivity (Wildman–Crippen MR) is 93.3 cm³/mol. The van der Waals surface area contributed by atoms with Crippen molar-refractivity contribution in [3.05, 3.63) is 36.3 Å². The van der Waals surface area contributed by atoms with Gasteiger partial charge in [-0.25, -0.2) is 9.97 Å². The van der Waals surface area contributed by atoms with Gasteiger partial charge in [-0.05, 0) is 50.4 Å². The molecule has 1 aliphatic heterocycles. The van der Waals surface area contributed by atoms with Crippen molar-refractivity contribution >= 4 is 5.82 Å². The summed E-state index contributed by atoms with van der Waals surface area (Å²) in [5.41, 5.74) is 2.05. The summed E-state index contributed by atoms with van der Waals surface area (Å²) in [5, 5.41) is 6.97. The average molecular weight is 311 g/mol. The summed E-state index contributed by atoms with van der Waals surface area (Å²) in [6.45, 7) is 5.37. The second-order valence-electron chi connectivity index (χ2n) is 6.15. The number of nitrogens with zero attached hydrogens (tertiary/aromatic N) is 3. The first-order valence-electron chi connectivity index (χ1n) is 8.58. The van der Waals surface area contributed by atoms with E-state index in [1.807, 2.05) is 18.3 Å². The molecule has 0 aromatic carbocycles. The van der Waals surface area contributed by atoms with Crippen LogP contribution in [-0.4, -0.2) is 34.6 Å². The zero-order valence-corrected chi connectivity index (χ0v) is 13.8. The van der Waals surface area contributed by atoms with Crippen molar-refractivity contribution in [2.24, 2.45) is 5.92 Å². The molecule has 2 aromatic rings. The van der Waals surface area contributed by atoms with Gasteiger partial charge in [-0.2, -0.15) is 0 Å². The molecule has 5 nitrogen and oxygen atoms in total. The third kappa shape index (κ3) is 4.48. The van der Waals surface area contributed by atoms with Gasteiger partial charge < -0.3 is 10.6 Å². The van der Waals surface area contributed by atoms with Crippen LogP contribution in [0.5, 0.6) is 0 Å². The smallest absolute Gasteiger partial charge is 0.163 e. The standard InChI is InChI=1S/C18H25N5/c1-2-5-16-10-17(21-12-14-6-3-8-19-11-14)23-18(22-16)15-7-4-9-20-13-15/h4,7,9-10,13-14,19H,2-3,5-6,8,11-12H2,1H3,(H,21,22,23). The van der Waals surface area contributed by atoms with E-state index >= 15 is 0 Å². The molecule has 122 valence electrons. The van der Waals surface area contributed by atoms with E-state index in [1.165, 1.54) is 12.8 Å². The van der Waals surface area contributed by atoms with E-state index in [-0.39, 0.29) is 0 Å². The Morgan fingerprint density at radius 2 is 2.30 bits per heavy atom. The second-order valence-corrected chi connectivity index (χ2v) is 6.15. The molecule has 3 heterocycles. The number of hydrogen-bond donors (Lipinski definition) is 2. The summed E-state index contributed by atoms with van der Waals surface area (Å²) < 4.78 is 0. The molecule has 0 amide bonds. The van der Waals surface area contributed by atoms with Crippen molar-refractivity contribution in [3.8, 4) is 11.4 Å². The highest BCUT2D eigenvalue weighted by atomic mass is 15.0. The van der Waals surface area contributed by atoms with Crippen LogP contribution < -0.4 is 10.6 Å². The van der Waals surface area contributed by atoms with Gasteiger partial charge in [0.1, 0.15) is 5.82 Å². The molecule has 0 aliphatic carbocycles. The highest BCUT2D eigenvalue weighted by Crippen LogP contribution is 2.19. The van der Waals surface area contributed by atoms with Gasteiger partial charge in [-0.1, -0.05) is 13.3 Å². The Morgan fingerprint density at radius 3 is 3.04 bits per heavy atom. The van der Waals surface area contributed by atoms with Crippen LogP contribution in [0.15, 0.2) is 30.6 Å². The minimum Gasteiger partial charge on any atom is -0.370 e. The molecule has 0 saturated carbocycles. The fourth-order valence-corrected chi connectivity index (χ4v) is 2.94. The lowest BCUT2D eigenvalue weighted by Gasteiger charge is -2.23. The molecule has 1 saturated heterocycles. The lowest BCUT2D eigenvalue weighted by atomic mass is 10.00. The Morgan fingerprint density at radius 1 is 1.35 bits per heavy atom. The van der Waals surface area contributed by atoms with Crippen molar-refractivity contribution in [3.63, 3.8) is 0 Å². The van der Waals surface area contributed by atoms with Gasteiger partial charge in [-0.3, -0.25) is 4.98 Å². The molecule has 1 aliphatic rings. The Kier molecular flexibility index (Phi) is 5.53. The Balaban J connectivity index is 1.76. The highest BCUT2D eigenvalue weighted by molar-refractivity contribution is 5.56. The quantitative estimate of drug-likeness (QED) is 0.859. The van der Waals surface area contributed by atoms with Crippen molar-refractivity contribution < 1.29 is 0 Å². The fraction of sp³-hybridized carbons (Fsp3) is 0.500. The van der Waals surface area contributed by atoms with Crippen LogP contribution in [0.1, 0.15) is 31.9 Å². The van der Waals surface area contributed by atoms with E-state index < -0.39 is 0 Å². The van der Waals surface area contributed by atoms with Crippen LogP contribution in [0.3, 0.4) is 0 Å². The summed E-state index contributed by atoms with van der Waals surface area (Å²) >= 11 is 0. The van der Waals surface area contributed by atoms with Crippen molar-refractivity contribution in [1.82, 2.24) is 20.3 Å². The summed E-state index contributed by atoms with van der Waals surface area (Å²) in [6.07, 6.45) is 8.18. The van der Waals surface area contributed by atoms with E-state index in [1.54, 1.807) is 6.20 Å². The number of pyridine rings is 1. The van der Waals surface area contributed by atoms with Gasteiger partial charge in [0.25, 0.3) is 0 Å². The van der Waals surface area contributed by atoms with E-state index in [2.05, 4.69) is 38.6 Å². The summed E-state index contributed by atoms with van der Waals surface area (Å²) in [5.74, 6) is 2.36. The third-order valence-corrected chi connectivity index (χ3v) is 4.18. The normalized spacial score (nSPS) is 17.9. The zero-order valence-electron chi connectivity index (χ0n) is 13.8. The van der Waals surface area contributed by atoms with E-state index in [0.29, 0.717) is 5.92 Å². The maximum Gasteiger partial charge on any atom is 0.163 e. The maximum atomic E-state index is 4.69. The number of nitrogens with one attached hydrogen (secondary N) is 2. The van der Waals surface area contributed by atoms with Gasteiger partial charge in [0.2, 0.25) is 0 Å². The number of hydrogen-bond acceptors (Lipinski definition) is 5. The molecule has 2 N–H and O–H groups in total. The van der Waals surface area contributed by atoms with Gasteiger partial charge in [0, 0.05) is 36.3 Å². The molecule has 1 fully saturated rings. The second kappa shape index (κ2) is 8.02. The van der Waals surface area contributed by atoms with Crippen LogP contribution in [0.25, 0.3) is 11.4 Å². The van der Waals surface area contributed by atoms with Crippen LogP contribution in [0, 0.1) is 5.92 Å².